The first kappa shape index (κ1) is 18.8. The minimum atomic E-state index is -0.337. The van der Waals surface area contributed by atoms with E-state index in [1.54, 1.807) is 7.05 Å². The molecule has 8 nitrogen and oxygen atoms in total. The molecule has 0 saturated carbocycles. The molecule has 0 unspecified atom stereocenters. The zero-order chi connectivity index (χ0) is 19.2. The third-order valence-corrected chi connectivity index (χ3v) is 4.74. The van der Waals surface area contributed by atoms with Crippen molar-refractivity contribution in [1.29, 1.82) is 0 Å². The number of aliphatic imine (C=N–C) groups is 1. The van der Waals surface area contributed by atoms with Gasteiger partial charge in [-0.2, -0.15) is 0 Å². The maximum atomic E-state index is 11.6. The average Bonchev–Trinajstić information content (AvgIpc) is 3.24. The number of aryl methyl sites for hydroxylation is 1. The van der Waals surface area contributed by atoms with E-state index in [-0.39, 0.29) is 18.5 Å². The summed E-state index contributed by atoms with van der Waals surface area (Å²) in [6, 6.07) is 6.06. The van der Waals surface area contributed by atoms with Crippen LogP contribution in [0.15, 0.2) is 29.4 Å². The van der Waals surface area contributed by atoms with Crippen molar-refractivity contribution in [3.05, 3.63) is 35.5 Å². The van der Waals surface area contributed by atoms with E-state index in [0.717, 1.165) is 19.4 Å². The van der Waals surface area contributed by atoms with Gasteiger partial charge >= 0.3 is 6.03 Å². The highest BCUT2D eigenvalue weighted by Gasteiger charge is 2.27. The lowest BCUT2D eigenvalue weighted by Gasteiger charge is -2.15. The second kappa shape index (κ2) is 8.57. The van der Waals surface area contributed by atoms with Crippen molar-refractivity contribution < 1.29 is 9.59 Å². The molecule has 1 aromatic carbocycles. The Bertz CT molecular complexity index is 841. The van der Waals surface area contributed by atoms with Crippen molar-refractivity contribution in [3.63, 3.8) is 0 Å². The number of urea groups is 1. The summed E-state index contributed by atoms with van der Waals surface area (Å²) < 4.78 is 0. The number of rotatable bonds is 7. The fourth-order valence-corrected chi connectivity index (χ4v) is 3.28. The molecule has 0 atom stereocenters. The van der Waals surface area contributed by atoms with Crippen LogP contribution in [0.3, 0.4) is 0 Å². The number of para-hydroxylation sites is 1. The minimum absolute atomic E-state index is 0.0795. The van der Waals surface area contributed by atoms with Gasteiger partial charge in [-0.3, -0.25) is 14.7 Å². The van der Waals surface area contributed by atoms with Gasteiger partial charge in [0.2, 0.25) is 5.91 Å². The van der Waals surface area contributed by atoms with Gasteiger partial charge < -0.3 is 20.9 Å². The number of aromatic amines is 1. The Balaban J connectivity index is 1.47. The maximum Gasteiger partial charge on any atom is 0.324 e. The molecule has 0 bridgehead atoms. The number of nitrogens with zero attached hydrogens (tertiary/aromatic N) is 2. The first-order chi connectivity index (χ1) is 13.1. The molecule has 1 saturated heterocycles. The number of hydrogen-bond donors (Lipinski definition) is 4. The highest BCUT2D eigenvalue weighted by molar-refractivity contribution is 6.02. The van der Waals surface area contributed by atoms with Crippen LogP contribution in [0.4, 0.5) is 4.79 Å². The van der Waals surface area contributed by atoms with Crippen LogP contribution in [0, 0.1) is 0 Å². The van der Waals surface area contributed by atoms with E-state index in [4.69, 9.17) is 0 Å². The number of carbonyl (C=O) groups excluding carboxylic acids is 2. The fraction of sp³-hybridized carbons (Fsp3) is 0.421. The van der Waals surface area contributed by atoms with Gasteiger partial charge in [0, 0.05) is 43.8 Å². The molecule has 144 valence electrons. The summed E-state index contributed by atoms with van der Waals surface area (Å²) in [7, 11) is 1.70. The highest BCUT2D eigenvalue weighted by Crippen LogP contribution is 2.22. The molecule has 1 fully saturated rings. The summed E-state index contributed by atoms with van der Waals surface area (Å²) >= 11 is 0. The summed E-state index contributed by atoms with van der Waals surface area (Å²) in [6.07, 6.45) is 3.93. The Morgan fingerprint density at radius 2 is 2.04 bits per heavy atom. The quantitative estimate of drug-likeness (QED) is 0.332. The molecule has 1 aromatic heterocycles. The van der Waals surface area contributed by atoms with Gasteiger partial charge in [-0.15, -0.1) is 0 Å². The predicted molar refractivity (Wildman–Crippen MR) is 106 cm³/mol. The van der Waals surface area contributed by atoms with E-state index < -0.39 is 0 Å². The number of carbonyl (C=O) groups is 2. The maximum absolute atomic E-state index is 11.6. The van der Waals surface area contributed by atoms with E-state index in [2.05, 4.69) is 57.2 Å². The van der Waals surface area contributed by atoms with Crippen molar-refractivity contribution in [2.24, 2.45) is 4.99 Å². The normalized spacial score (nSPS) is 14.7. The molecule has 0 aliphatic carbocycles. The number of amides is 3. The summed E-state index contributed by atoms with van der Waals surface area (Å²) in [6.45, 7) is 3.73. The Labute approximate surface area is 158 Å². The molecule has 3 rings (SSSR count). The topological polar surface area (TPSA) is 102 Å². The predicted octanol–water partition coefficient (Wildman–Crippen LogP) is 0.990. The lowest BCUT2D eigenvalue weighted by Crippen LogP contribution is -2.43. The summed E-state index contributed by atoms with van der Waals surface area (Å²) in [5.74, 6) is 0.451. The van der Waals surface area contributed by atoms with Crippen LogP contribution in [0.5, 0.6) is 0 Å². The van der Waals surface area contributed by atoms with Gasteiger partial charge in [0.05, 0.1) is 6.54 Å². The molecular weight excluding hydrogens is 344 g/mol. The minimum Gasteiger partial charge on any atom is -0.361 e. The number of hydrogen-bond acceptors (Lipinski definition) is 3. The molecular formula is C19H26N6O2. The van der Waals surface area contributed by atoms with Crippen molar-refractivity contribution in [2.45, 2.75) is 19.8 Å². The van der Waals surface area contributed by atoms with Gasteiger partial charge in [-0.1, -0.05) is 25.1 Å². The fourth-order valence-electron chi connectivity index (χ4n) is 3.28. The number of benzene rings is 1. The lowest BCUT2D eigenvalue weighted by molar-refractivity contribution is -0.124. The van der Waals surface area contributed by atoms with Crippen LogP contribution in [-0.2, 0) is 17.6 Å². The van der Waals surface area contributed by atoms with Crippen LogP contribution in [0.25, 0.3) is 10.9 Å². The van der Waals surface area contributed by atoms with Crippen LogP contribution < -0.4 is 16.0 Å². The van der Waals surface area contributed by atoms with E-state index in [1.165, 1.54) is 26.9 Å². The Morgan fingerprint density at radius 1 is 1.22 bits per heavy atom. The molecule has 2 aromatic rings. The van der Waals surface area contributed by atoms with E-state index in [1.807, 2.05) is 0 Å². The van der Waals surface area contributed by atoms with Crippen molar-refractivity contribution in [2.75, 3.05) is 33.2 Å². The number of fused-ring (bicyclic) bond motifs is 1. The Morgan fingerprint density at radius 3 is 2.74 bits per heavy atom. The molecule has 0 radical (unpaired) electrons. The number of guanidine groups is 1. The van der Waals surface area contributed by atoms with Gasteiger partial charge in [0.25, 0.3) is 0 Å². The number of aromatic nitrogens is 1. The summed E-state index contributed by atoms with van der Waals surface area (Å²) in [5, 5.41) is 10.2. The lowest BCUT2D eigenvalue weighted by atomic mass is 10.1. The van der Waals surface area contributed by atoms with Crippen molar-refractivity contribution >= 4 is 28.8 Å². The summed E-state index contributed by atoms with van der Waals surface area (Å²) in [5.41, 5.74) is 3.80. The second-order valence-corrected chi connectivity index (χ2v) is 6.39. The second-order valence-electron chi connectivity index (χ2n) is 6.39. The molecule has 1 aliphatic rings. The van der Waals surface area contributed by atoms with E-state index in [9.17, 15) is 9.59 Å². The van der Waals surface area contributed by atoms with Crippen molar-refractivity contribution in [3.8, 4) is 0 Å². The van der Waals surface area contributed by atoms with Gasteiger partial charge in [-0.05, 0) is 24.0 Å². The number of imide groups is 1. The zero-order valence-corrected chi connectivity index (χ0v) is 15.8. The molecule has 0 spiro atoms. The largest absolute Gasteiger partial charge is 0.361 e. The number of nitrogens with one attached hydrogen (secondary N) is 4. The van der Waals surface area contributed by atoms with Crippen LogP contribution >= 0.6 is 0 Å². The Hall–Kier alpha value is -3.03. The molecule has 3 amide bonds. The van der Waals surface area contributed by atoms with Gasteiger partial charge in [0.1, 0.15) is 0 Å². The number of H-pyrrole nitrogens is 1. The molecule has 27 heavy (non-hydrogen) atoms. The Kier molecular flexibility index (Phi) is 5.95. The SMILES string of the molecule is CCc1cccc2c(CCNC(=NC)NCCN3C(=O)CNC3=O)c[nH]c12. The molecule has 1 aliphatic heterocycles. The first-order valence-electron chi connectivity index (χ1n) is 9.24. The molecule has 8 heteroatoms. The highest BCUT2D eigenvalue weighted by atomic mass is 16.2. The average molecular weight is 370 g/mol. The van der Waals surface area contributed by atoms with Crippen LogP contribution in [0.2, 0.25) is 0 Å². The third kappa shape index (κ3) is 4.21. The van der Waals surface area contributed by atoms with Gasteiger partial charge in [0.15, 0.2) is 5.96 Å². The van der Waals surface area contributed by atoms with E-state index >= 15 is 0 Å². The summed E-state index contributed by atoms with van der Waals surface area (Å²) in [4.78, 5) is 31.8. The first-order valence-corrected chi connectivity index (χ1v) is 9.24. The van der Waals surface area contributed by atoms with E-state index in [0.29, 0.717) is 19.0 Å². The smallest absolute Gasteiger partial charge is 0.324 e. The van der Waals surface area contributed by atoms with Crippen LogP contribution in [0.1, 0.15) is 18.1 Å². The van der Waals surface area contributed by atoms with Gasteiger partial charge in [-0.25, -0.2) is 4.79 Å². The standard InChI is InChI=1S/C19H26N6O2/c1-3-13-5-4-6-15-14(11-23-17(13)15)7-8-21-18(20-2)22-9-10-25-16(26)12-24-19(25)27/h4-6,11,23H,3,7-10,12H2,1-2H3,(H,24,27)(H2,20,21,22). The van der Waals surface area contributed by atoms with Crippen LogP contribution in [-0.4, -0.2) is 61.0 Å². The van der Waals surface area contributed by atoms with Crippen molar-refractivity contribution in [1.82, 2.24) is 25.8 Å². The molecule has 4 N–H and O–H groups in total. The molecule has 2 heterocycles. The monoisotopic (exact) mass is 370 g/mol. The third-order valence-electron chi connectivity index (χ3n) is 4.74. The zero-order valence-electron chi connectivity index (χ0n) is 15.8.